The Balaban J connectivity index is 2.30. The molecule has 1 rings (SSSR count). The average molecular weight is 320 g/mol. The largest absolute Gasteiger partial charge is 0.355 e. The number of alkyl halides is 1. The molecule has 0 atom stereocenters. The van der Waals surface area contributed by atoms with Crippen LogP contribution in [0.15, 0.2) is 28.7 Å². The summed E-state index contributed by atoms with van der Waals surface area (Å²) in [5.41, 5.74) is 0.724. The number of anilines is 1. The number of carbonyl (C=O) groups is 2. The Bertz CT molecular complexity index is 395. The van der Waals surface area contributed by atoms with Crippen LogP contribution in [0.5, 0.6) is 0 Å². The molecule has 0 aliphatic carbocycles. The van der Waals surface area contributed by atoms with Crippen LogP contribution in [0.2, 0.25) is 0 Å². The van der Waals surface area contributed by atoms with Crippen LogP contribution in [0.3, 0.4) is 0 Å². The van der Waals surface area contributed by atoms with Gasteiger partial charge in [0.05, 0.1) is 0 Å². The number of amides is 2. The SMILES string of the molecule is O=C(CCl)NCCC(=O)Nc1ccc(Br)cc1. The van der Waals surface area contributed by atoms with Crippen LogP contribution in [-0.2, 0) is 9.59 Å². The van der Waals surface area contributed by atoms with Gasteiger partial charge in [-0.1, -0.05) is 15.9 Å². The zero-order chi connectivity index (χ0) is 12.7. The van der Waals surface area contributed by atoms with Crippen molar-refractivity contribution in [1.82, 2.24) is 5.32 Å². The van der Waals surface area contributed by atoms with Gasteiger partial charge < -0.3 is 10.6 Å². The summed E-state index contributed by atoms with van der Waals surface area (Å²) >= 11 is 8.60. The van der Waals surface area contributed by atoms with Gasteiger partial charge in [0, 0.05) is 23.1 Å². The lowest BCUT2D eigenvalue weighted by Gasteiger charge is -2.05. The first-order chi connectivity index (χ1) is 8.11. The molecule has 0 heterocycles. The van der Waals surface area contributed by atoms with E-state index in [4.69, 9.17) is 11.6 Å². The van der Waals surface area contributed by atoms with Crippen molar-refractivity contribution < 1.29 is 9.59 Å². The summed E-state index contributed by atoms with van der Waals surface area (Å²) in [6, 6.07) is 7.26. The van der Waals surface area contributed by atoms with E-state index in [-0.39, 0.29) is 30.7 Å². The Morgan fingerprint density at radius 1 is 1.18 bits per heavy atom. The average Bonchev–Trinajstić information content (AvgIpc) is 2.32. The molecule has 4 nitrogen and oxygen atoms in total. The Morgan fingerprint density at radius 3 is 2.41 bits per heavy atom. The highest BCUT2D eigenvalue weighted by molar-refractivity contribution is 9.10. The lowest BCUT2D eigenvalue weighted by atomic mass is 10.3. The highest BCUT2D eigenvalue weighted by Crippen LogP contribution is 2.14. The van der Waals surface area contributed by atoms with Crippen LogP contribution in [0.4, 0.5) is 5.69 Å². The molecule has 0 spiro atoms. The molecule has 0 saturated carbocycles. The summed E-state index contributed by atoms with van der Waals surface area (Å²) in [7, 11) is 0. The molecule has 17 heavy (non-hydrogen) atoms. The van der Waals surface area contributed by atoms with Crippen molar-refractivity contribution in [2.45, 2.75) is 6.42 Å². The number of carbonyl (C=O) groups excluding carboxylic acids is 2. The third-order valence-corrected chi connectivity index (χ3v) is 2.69. The third-order valence-electron chi connectivity index (χ3n) is 1.92. The van der Waals surface area contributed by atoms with E-state index < -0.39 is 0 Å². The predicted octanol–water partition coefficient (Wildman–Crippen LogP) is 2.13. The van der Waals surface area contributed by atoms with Gasteiger partial charge in [-0.2, -0.15) is 0 Å². The first kappa shape index (κ1) is 14.0. The fourth-order valence-corrected chi connectivity index (χ4v) is 1.48. The van der Waals surface area contributed by atoms with Crippen molar-refractivity contribution in [1.29, 1.82) is 0 Å². The summed E-state index contributed by atoms with van der Waals surface area (Å²) < 4.78 is 0.949. The molecule has 0 aliphatic heterocycles. The minimum atomic E-state index is -0.275. The van der Waals surface area contributed by atoms with Gasteiger partial charge in [0.1, 0.15) is 5.88 Å². The van der Waals surface area contributed by atoms with Crippen molar-refractivity contribution in [3.8, 4) is 0 Å². The maximum atomic E-state index is 11.5. The lowest BCUT2D eigenvalue weighted by molar-refractivity contribution is -0.119. The molecule has 0 aliphatic rings. The second kappa shape index (κ2) is 7.29. The number of halogens is 2. The van der Waals surface area contributed by atoms with E-state index in [1.807, 2.05) is 12.1 Å². The smallest absolute Gasteiger partial charge is 0.234 e. The minimum absolute atomic E-state index is 0.0890. The van der Waals surface area contributed by atoms with Crippen LogP contribution in [0.25, 0.3) is 0 Å². The highest BCUT2D eigenvalue weighted by atomic mass is 79.9. The summed E-state index contributed by atoms with van der Waals surface area (Å²) in [6.07, 6.45) is 0.221. The normalized spacial score (nSPS) is 9.76. The molecule has 0 bridgehead atoms. The number of nitrogens with one attached hydrogen (secondary N) is 2. The van der Waals surface area contributed by atoms with Crippen LogP contribution in [0, 0.1) is 0 Å². The fourth-order valence-electron chi connectivity index (χ4n) is 1.12. The number of benzene rings is 1. The molecule has 0 aromatic heterocycles. The van der Waals surface area contributed by atoms with Crippen molar-refractivity contribution in [3.05, 3.63) is 28.7 Å². The fraction of sp³-hybridized carbons (Fsp3) is 0.273. The molecule has 0 saturated heterocycles. The lowest BCUT2D eigenvalue weighted by Crippen LogP contribution is -2.28. The van der Waals surface area contributed by atoms with Gasteiger partial charge in [-0.25, -0.2) is 0 Å². The molecule has 1 aromatic rings. The van der Waals surface area contributed by atoms with Gasteiger partial charge >= 0.3 is 0 Å². The standard InChI is InChI=1S/C11H12BrClN2O2/c12-8-1-3-9(4-2-8)15-10(16)5-6-14-11(17)7-13/h1-4H,5-7H2,(H,14,17)(H,15,16). The molecular weight excluding hydrogens is 307 g/mol. The Hall–Kier alpha value is -1.07. The number of hydrogen-bond donors (Lipinski definition) is 2. The van der Waals surface area contributed by atoms with Crippen molar-refractivity contribution in [2.24, 2.45) is 0 Å². The summed E-state index contributed by atoms with van der Waals surface area (Å²) in [6.45, 7) is 0.286. The quantitative estimate of drug-likeness (QED) is 0.817. The van der Waals surface area contributed by atoms with E-state index >= 15 is 0 Å². The Morgan fingerprint density at radius 2 is 1.82 bits per heavy atom. The van der Waals surface area contributed by atoms with Gasteiger partial charge in [-0.05, 0) is 24.3 Å². The first-order valence-corrected chi connectivity index (χ1v) is 6.32. The zero-order valence-corrected chi connectivity index (χ0v) is 11.3. The van der Waals surface area contributed by atoms with Crippen LogP contribution in [-0.4, -0.2) is 24.2 Å². The van der Waals surface area contributed by atoms with E-state index in [1.165, 1.54) is 0 Å². The molecule has 92 valence electrons. The van der Waals surface area contributed by atoms with E-state index in [1.54, 1.807) is 12.1 Å². The van der Waals surface area contributed by atoms with Crippen LogP contribution < -0.4 is 10.6 Å². The van der Waals surface area contributed by atoms with Crippen LogP contribution >= 0.6 is 27.5 Å². The molecule has 1 aromatic carbocycles. The number of rotatable bonds is 5. The first-order valence-electron chi connectivity index (χ1n) is 5.00. The summed E-state index contributed by atoms with van der Waals surface area (Å²) in [5.74, 6) is -0.515. The van der Waals surface area contributed by atoms with Crippen LogP contribution in [0.1, 0.15) is 6.42 Å². The molecule has 2 amide bonds. The monoisotopic (exact) mass is 318 g/mol. The van der Waals surface area contributed by atoms with E-state index in [9.17, 15) is 9.59 Å². The van der Waals surface area contributed by atoms with Gasteiger partial charge in [0.15, 0.2) is 0 Å². The Kier molecular flexibility index (Phi) is 6.00. The molecule has 0 radical (unpaired) electrons. The second-order valence-corrected chi connectivity index (χ2v) is 4.47. The van der Waals surface area contributed by atoms with Gasteiger partial charge in [-0.3, -0.25) is 9.59 Å². The van der Waals surface area contributed by atoms with E-state index in [0.717, 1.165) is 10.2 Å². The van der Waals surface area contributed by atoms with Gasteiger partial charge in [-0.15, -0.1) is 11.6 Å². The van der Waals surface area contributed by atoms with Gasteiger partial charge in [0.25, 0.3) is 0 Å². The molecule has 0 fully saturated rings. The summed E-state index contributed by atoms with van der Waals surface area (Å²) in [5, 5.41) is 5.24. The predicted molar refractivity (Wildman–Crippen MR) is 71.1 cm³/mol. The minimum Gasteiger partial charge on any atom is -0.355 e. The maximum absolute atomic E-state index is 11.5. The van der Waals surface area contributed by atoms with E-state index in [0.29, 0.717) is 0 Å². The number of hydrogen-bond acceptors (Lipinski definition) is 2. The highest BCUT2D eigenvalue weighted by Gasteiger charge is 2.03. The van der Waals surface area contributed by atoms with E-state index in [2.05, 4.69) is 26.6 Å². The van der Waals surface area contributed by atoms with Crippen molar-refractivity contribution in [2.75, 3.05) is 17.7 Å². The summed E-state index contributed by atoms with van der Waals surface area (Å²) in [4.78, 5) is 22.3. The maximum Gasteiger partial charge on any atom is 0.234 e. The Labute approximate surface area is 113 Å². The second-order valence-electron chi connectivity index (χ2n) is 3.29. The molecular formula is C11H12BrClN2O2. The van der Waals surface area contributed by atoms with Gasteiger partial charge in [0.2, 0.25) is 11.8 Å². The molecule has 6 heteroatoms. The molecule has 0 unspecified atom stereocenters. The topological polar surface area (TPSA) is 58.2 Å². The third kappa shape index (κ3) is 5.70. The molecule has 2 N–H and O–H groups in total. The zero-order valence-electron chi connectivity index (χ0n) is 9.00. The van der Waals surface area contributed by atoms with Crippen molar-refractivity contribution in [3.63, 3.8) is 0 Å². The van der Waals surface area contributed by atoms with Crippen molar-refractivity contribution >= 4 is 45.0 Å².